The number of nitrogens with zero attached hydrogens (tertiary/aromatic N) is 2. The lowest BCUT2D eigenvalue weighted by atomic mass is 10.3. The molecule has 0 saturated heterocycles. The van der Waals surface area contributed by atoms with Gasteiger partial charge in [-0.3, -0.25) is 4.98 Å². The first-order valence-electron chi connectivity index (χ1n) is 6.61. The maximum absolute atomic E-state index is 4.45. The van der Waals surface area contributed by atoms with Crippen molar-refractivity contribution in [2.24, 2.45) is 0 Å². The third-order valence-corrected chi connectivity index (χ3v) is 3.52. The Bertz CT molecular complexity index is 510. The molecule has 0 spiro atoms. The molecule has 102 valence electrons. The number of pyridine rings is 1. The Morgan fingerprint density at radius 3 is 2.53 bits per heavy atom. The molecule has 0 bridgehead atoms. The van der Waals surface area contributed by atoms with Gasteiger partial charge < -0.3 is 10.6 Å². The Balaban J connectivity index is 1.82. The maximum atomic E-state index is 4.45. The van der Waals surface area contributed by atoms with Gasteiger partial charge in [-0.1, -0.05) is 6.92 Å². The van der Waals surface area contributed by atoms with Crippen LogP contribution in [0.15, 0.2) is 23.8 Å². The van der Waals surface area contributed by atoms with Crippen molar-refractivity contribution in [2.75, 3.05) is 23.7 Å². The molecule has 2 N–H and O–H groups in total. The van der Waals surface area contributed by atoms with Crippen LogP contribution >= 0.6 is 11.3 Å². The number of thiazole rings is 1. The van der Waals surface area contributed by atoms with Gasteiger partial charge in [0, 0.05) is 24.9 Å². The van der Waals surface area contributed by atoms with Gasteiger partial charge in [0.2, 0.25) is 0 Å². The fraction of sp³-hybridized carbons (Fsp3) is 0.429. The minimum absolute atomic E-state index is 0.877. The van der Waals surface area contributed by atoms with Gasteiger partial charge in [-0.2, -0.15) is 0 Å². The highest BCUT2D eigenvalue weighted by molar-refractivity contribution is 7.09. The summed E-state index contributed by atoms with van der Waals surface area (Å²) < 4.78 is 0. The first kappa shape index (κ1) is 13.8. The zero-order valence-corrected chi connectivity index (χ0v) is 12.3. The fourth-order valence-corrected chi connectivity index (χ4v) is 2.41. The lowest BCUT2D eigenvalue weighted by molar-refractivity contribution is 0.963. The van der Waals surface area contributed by atoms with Crippen molar-refractivity contribution in [3.63, 3.8) is 0 Å². The third kappa shape index (κ3) is 4.52. The average Bonchev–Trinajstić information content (AvgIpc) is 2.83. The van der Waals surface area contributed by atoms with E-state index in [2.05, 4.69) is 39.0 Å². The lowest BCUT2D eigenvalue weighted by Crippen LogP contribution is -2.06. The molecular formula is C14H20N4S. The molecule has 2 aromatic heterocycles. The van der Waals surface area contributed by atoms with Gasteiger partial charge in [0.25, 0.3) is 0 Å². The van der Waals surface area contributed by atoms with Crippen LogP contribution in [0.1, 0.15) is 24.0 Å². The number of hydrogen-bond acceptors (Lipinski definition) is 5. The highest BCUT2D eigenvalue weighted by Crippen LogP contribution is 2.13. The topological polar surface area (TPSA) is 49.8 Å². The molecular weight excluding hydrogens is 256 g/mol. The molecule has 0 aliphatic rings. The van der Waals surface area contributed by atoms with Gasteiger partial charge in [-0.15, -0.1) is 11.3 Å². The first-order valence-corrected chi connectivity index (χ1v) is 7.49. The summed E-state index contributed by atoms with van der Waals surface area (Å²) in [7, 11) is 0. The van der Waals surface area contributed by atoms with Crippen LogP contribution in [0.4, 0.5) is 11.4 Å². The van der Waals surface area contributed by atoms with Crippen LogP contribution in [-0.4, -0.2) is 23.1 Å². The molecule has 0 atom stereocenters. The van der Waals surface area contributed by atoms with E-state index in [-0.39, 0.29) is 0 Å². The van der Waals surface area contributed by atoms with E-state index in [4.69, 9.17) is 0 Å². The van der Waals surface area contributed by atoms with Crippen molar-refractivity contribution in [1.82, 2.24) is 9.97 Å². The second-order valence-electron chi connectivity index (χ2n) is 4.42. The van der Waals surface area contributed by atoms with Crippen LogP contribution in [0, 0.1) is 6.92 Å². The molecule has 4 nitrogen and oxygen atoms in total. The van der Waals surface area contributed by atoms with E-state index >= 15 is 0 Å². The quantitative estimate of drug-likeness (QED) is 0.814. The number of hydrogen-bond donors (Lipinski definition) is 2. The molecule has 2 heterocycles. The minimum atomic E-state index is 0.877. The monoisotopic (exact) mass is 276 g/mol. The summed E-state index contributed by atoms with van der Waals surface area (Å²) in [5, 5.41) is 9.96. The lowest BCUT2D eigenvalue weighted by Gasteiger charge is -2.08. The zero-order valence-electron chi connectivity index (χ0n) is 11.4. The smallest absolute Gasteiger partial charge is 0.0897 e. The van der Waals surface area contributed by atoms with Crippen LogP contribution in [0.5, 0.6) is 0 Å². The van der Waals surface area contributed by atoms with Crippen molar-refractivity contribution in [1.29, 1.82) is 0 Å². The van der Waals surface area contributed by atoms with E-state index in [1.165, 1.54) is 0 Å². The average molecular weight is 276 g/mol. The van der Waals surface area contributed by atoms with Crippen LogP contribution in [0.25, 0.3) is 0 Å². The fourth-order valence-electron chi connectivity index (χ4n) is 1.76. The summed E-state index contributed by atoms with van der Waals surface area (Å²) in [5.74, 6) is 0. The van der Waals surface area contributed by atoms with Crippen LogP contribution in [0.2, 0.25) is 0 Å². The second-order valence-corrected chi connectivity index (χ2v) is 5.49. The summed E-state index contributed by atoms with van der Waals surface area (Å²) in [6.07, 6.45) is 5.76. The molecule has 0 unspecified atom stereocenters. The van der Waals surface area contributed by atoms with Gasteiger partial charge in [0.05, 0.1) is 34.5 Å². The van der Waals surface area contributed by atoms with Crippen molar-refractivity contribution < 1.29 is 0 Å². The normalized spacial score (nSPS) is 10.4. The number of anilines is 2. The molecule has 5 heteroatoms. The molecule has 0 amide bonds. The van der Waals surface area contributed by atoms with Gasteiger partial charge in [0.1, 0.15) is 0 Å². The van der Waals surface area contributed by atoms with E-state index in [0.717, 1.165) is 48.0 Å². The molecule has 19 heavy (non-hydrogen) atoms. The van der Waals surface area contributed by atoms with Gasteiger partial charge in [0.15, 0.2) is 0 Å². The van der Waals surface area contributed by atoms with Gasteiger partial charge in [-0.25, -0.2) is 4.98 Å². The Morgan fingerprint density at radius 1 is 1.16 bits per heavy atom. The Hall–Kier alpha value is -1.62. The largest absolute Gasteiger partial charge is 0.384 e. The number of aromatic nitrogens is 2. The van der Waals surface area contributed by atoms with E-state index in [1.807, 2.05) is 19.3 Å². The molecule has 2 aromatic rings. The number of rotatable bonds is 7. The molecule has 0 fully saturated rings. The highest BCUT2D eigenvalue weighted by atomic mass is 32.1. The van der Waals surface area contributed by atoms with Crippen molar-refractivity contribution >= 4 is 22.7 Å². The first-order chi connectivity index (χ1) is 9.28. The molecule has 0 aromatic carbocycles. The van der Waals surface area contributed by atoms with E-state index in [0.29, 0.717) is 0 Å². The third-order valence-electron chi connectivity index (χ3n) is 2.69. The summed E-state index contributed by atoms with van der Waals surface area (Å²) in [6, 6.07) is 2.09. The molecule has 2 rings (SSSR count). The van der Waals surface area contributed by atoms with E-state index < -0.39 is 0 Å². The second kappa shape index (κ2) is 7.09. The van der Waals surface area contributed by atoms with Crippen LogP contribution < -0.4 is 10.6 Å². The highest BCUT2D eigenvalue weighted by Gasteiger charge is 1.99. The Morgan fingerprint density at radius 2 is 1.89 bits per heavy atom. The minimum Gasteiger partial charge on any atom is -0.384 e. The van der Waals surface area contributed by atoms with Crippen LogP contribution in [-0.2, 0) is 6.42 Å². The van der Waals surface area contributed by atoms with Crippen molar-refractivity contribution in [3.05, 3.63) is 34.5 Å². The summed E-state index contributed by atoms with van der Waals surface area (Å²) in [6.45, 7) is 6.04. The van der Waals surface area contributed by atoms with Crippen LogP contribution in [0.3, 0.4) is 0 Å². The molecule has 0 radical (unpaired) electrons. The SMILES string of the molecule is CCCNc1cncc(NCCc2csc(C)n2)c1. The predicted octanol–water partition coefficient (Wildman–Crippen LogP) is 3.32. The molecule has 0 aliphatic heterocycles. The zero-order chi connectivity index (χ0) is 13.5. The number of nitrogens with one attached hydrogen (secondary N) is 2. The number of aryl methyl sites for hydroxylation is 1. The Kier molecular flexibility index (Phi) is 5.15. The standard InChI is InChI=1S/C14H20N4S/c1-3-5-16-13-7-14(9-15-8-13)17-6-4-12-10-19-11(2)18-12/h7-10,16-17H,3-6H2,1-2H3. The Labute approximate surface area is 118 Å². The van der Waals surface area contributed by atoms with Crippen molar-refractivity contribution in [3.8, 4) is 0 Å². The summed E-state index contributed by atoms with van der Waals surface area (Å²) in [5.41, 5.74) is 3.27. The maximum Gasteiger partial charge on any atom is 0.0897 e. The molecule has 0 saturated carbocycles. The van der Waals surface area contributed by atoms with E-state index in [9.17, 15) is 0 Å². The van der Waals surface area contributed by atoms with Crippen molar-refractivity contribution in [2.45, 2.75) is 26.7 Å². The van der Waals surface area contributed by atoms with Gasteiger partial charge >= 0.3 is 0 Å². The van der Waals surface area contributed by atoms with Gasteiger partial charge in [-0.05, 0) is 19.4 Å². The predicted molar refractivity (Wildman–Crippen MR) is 82.1 cm³/mol. The summed E-state index contributed by atoms with van der Waals surface area (Å²) in [4.78, 5) is 8.68. The molecule has 0 aliphatic carbocycles. The summed E-state index contributed by atoms with van der Waals surface area (Å²) >= 11 is 1.70. The van der Waals surface area contributed by atoms with E-state index in [1.54, 1.807) is 11.3 Å².